The maximum absolute atomic E-state index is 10.2. The SMILES string of the molecule is CC1(O)CCC2CC1(O)C2(C)C.CC1(O)CCC2CC1(O)C2(C)C.OBOBO. The first-order valence-corrected chi connectivity index (χ1v) is 10.7. The summed E-state index contributed by atoms with van der Waals surface area (Å²) in [4.78, 5) is 0. The monoisotopic (exact) mass is 414 g/mol. The van der Waals surface area contributed by atoms with Crippen molar-refractivity contribution < 1.29 is 35.0 Å². The van der Waals surface area contributed by atoms with Crippen LogP contribution in [0.1, 0.15) is 80.1 Å². The fourth-order valence-corrected chi connectivity index (χ4v) is 6.28. The second-order valence-electron chi connectivity index (χ2n) is 11.1. The summed E-state index contributed by atoms with van der Waals surface area (Å²) in [5, 5.41) is 55.9. The minimum atomic E-state index is -0.870. The standard InChI is InChI=1S/2C10H18O2.B2H4O3/c2*1-8(2)7-4-5-9(3,11)10(8,12)6-7;3-1-5-2-4/h2*7,11-12H,4-6H2,1-3H3;1-4H. The van der Waals surface area contributed by atoms with Crippen LogP contribution in [-0.2, 0) is 4.57 Å². The van der Waals surface area contributed by atoms with E-state index in [1.165, 1.54) is 0 Å². The maximum atomic E-state index is 10.2. The third-order valence-electron chi connectivity index (χ3n) is 9.18. The fraction of sp³-hybridized carbons (Fsp3) is 1.00. The highest BCUT2D eigenvalue weighted by Gasteiger charge is 2.70. The maximum Gasteiger partial charge on any atom is 0.421 e. The molecule has 6 aliphatic rings. The molecule has 0 aromatic rings. The van der Waals surface area contributed by atoms with Crippen LogP contribution in [-0.4, -0.2) is 68.2 Å². The molecular formula is C20H40B2O7. The lowest BCUT2D eigenvalue weighted by atomic mass is 9.41. The summed E-state index contributed by atoms with van der Waals surface area (Å²) >= 11 is 0. The van der Waals surface area contributed by atoms with Gasteiger partial charge in [-0.3, -0.25) is 0 Å². The minimum Gasteiger partial charge on any atom is -0.457 e. The molecule has 29 heavy (non-hydrogen) atoms. The molecule has 0 aromatic carbocycles. The first-order chi connectivity index (χ1) is 13.0. The van der Waals surface area contributed by atoms with Crippen LogP contribution in [0.2, 0.25) is 0 Å². The van der Waals surface area contributed by atoms with Crippen molar-refractivity contribution >= 4 is 15.4 Å². The molecule has 6 atom stereocenters. The van der Waals surface area contributed by atoms with Crippen LogP contribution in [0.4, 0.5) is 0 Å². The van der Waals surface area contributed by atoms with Gasteiger partial charge in [0.05, 0.1) is 22.4 Å². The molecule has 168 valence electrons. The first kappa shape index (κ1) is 25.1. The Hall–Kier alpha value is -0.150. The normalized spacial score (nSPS) is 47.7. The van der Waals surface area contributed by atoms with Crippen molar-refractivity contribution in [3.63, 3.8) is 0 Å². The van der Waals surface area contributed by atoms with Crippen LogP contribution in [0.3, 0.4) is 0 Å². The van der Waals surface area contributed by atoms with Gasteiger partial charge in [0, 0.05) is 0 Å². The number of aliphatic hydroxyl groups is 4. The summed E-state index contributed by atoms with van der Waals surface area (Å²) in [6.45, 7) is 11.8. The van der Waals surface area contributed by atoms with Gasteiger partial charge in [-0.1, -0.05) is 27.7 Å². The molecule has 6 N–H and O–H groups in total. The second-order valence-corrected chi connectivity index (χ2v) is 11.1. The second kappa shape index (κ2) is 7.76. The zero-order valence-corrected chi connectivity index (χ0v) is 18.9. The molecule has 4 bridgehead atoms. The Morgan fingerprint density at radius 2 is 0.966 bits per heavy atom. The van der Waals surface area contributed by atoms with E-state index in [2.05, 4.69) is 32.3 Å². The van der Waals surface area contributed by atoms with Crippen LogP contribution >= 0.6 is 0 Å². The van der Waals surface area contributed by atoms with Crippen LogP contribution in [0, 0.1) is 22.7 Å². The van der Waals surface area contributed by atoms with Gasteiger partial charge in [0.2, 0.25) is 0 Å². The van der Waals surface area contributed by atoms with Gasteiger partial charge in [0.25, 0.3) is 0 Å². The smallest absolute Gasteiger partial charge is 0.421 e. The number of rotatable bonds is 2. The summed E-state index contributed by atoms with van der Waals surface area (Å²) in [7, 11) is -0.812. The van der Waals surface area contributed by atoms with E-state index in [0.717, 1.165) is 38.5 Å². The van der Waals surface area contributed by atoms with Gasteiger partial charge in [0.15, 0.2) is 0 Å². The molecule has 6 saturated carbocycles. The molecule has 0 heterocycles. The fourth-order valence-electron chi connectivity index (χ4n) is 6.28. The quantitative estimate of drug-likeness (QED) is 0.355. The van der Waals surface area contributed by atoms with Crippen LogP contribution < -0.4 is 0 Å². The van der Waals surface area contributed by atoms with Crippen LogP contribution in [0.5, 0.6) is 0 Å². The molecule has 0 saturated heterocycles. The molecule has 9 heteroatoms. The molecule has 0 aliphatic heterocycles. The van der Waals surface area contributed by atoms with Crippen molar-refractivity contribution in [2.75, 3.05) is 0 Å². The number of hydrogen-bond acceptors (Lipinski definition) is 7. The number of fused-ring (bicyclic) bond motifs is 4. The topological polar surface area (TPSA) is 131 Å². The average molecular weight is 414 g/mol. The molecule has 0 spiro atoms. The lowest BCUT2D eigenvalue weighted by Gasteiger charge is -2.68. The van der Waals surface area contributed by atoms with Crippen molar-refractivity contribution in [2.45, 2.75) is 102 Å². The van der Waals surface area contributed by atoms with Gasteiger partial charge in [-0.25, -0.2) is 0 Å². The van der Waals surface area contributed by atoms with Gasteiger partial charge in [-0.05, 0) is 75.0 Å². The Balaban J connectivity index is 0.000000170. The molecule has 0 amide bonds. The molecular weight excluding hydrogens is 374 g/mol. The summed E-state index contributed by atoms with van der Waals surface area (Å²) in [6, 6.07) is 0. The van der Waals surface area contributed by atoms with E-state index in [0.29, 0.717) is 11.8 Å². The van der Waals surface area contributed by atoms with E-state index in [1.807, 2.05) is 0 Å². The largest absolute Gasteiger partial charge is 0.457 e. The summed E-state index contributed by atoms with van der Waals surface area (Å²) in [5.74, 6) is 1.23. The van der Waals surface area contributed by atoms with E-state index < -0.39 is 37.8 Å². The van der Waals surface area contributed by atoms with Crippen molar-refractivity contribution in [2.24, 2.45) is 22.7 Å². The zero-order valence-electron chi connectivity index (χ0n) is 18.9. The number of hydrogen-bond donors (Lipinski definition) is 6. The molecule has 6 aliphatic carbocycles. The first-order valence-electron chi connectivity index (χ1n) is 10.7. The van der Waals surface area contributed by atoms with Crippen molar-refractivity contribution in [3.05, 3.63) is 0 Å². The van der Waals surface area contributed by atoms with Crippen LogP contribution in [0.15, 0.2) is 0 Å². The molecule has 0 radical (unpaired) electrons. The molecule has 6 unspecified atom stereocenters. The van der Waals surface area contributed by atoms with E-state index in [-0.39, 0.29) is 10.8 Å². The van der Waals surface area contributed by atoms with E-state index in [1.54, 1.807) is 13.8 Å². The highest BCUT2D eigenvalue weighted by molar-refractivity contribution is 6.32. The highest BCUT2D eigenvalue weighted by Crippen LogP contribution is 2.66. The predicted octanol–water partition coefficient (Wildman–Crippen LogP) is 0.137. The Morgan fingerprint density at radius 1 is 0.655 bits per heavy atom. The lowest BCUT2D eigenvalue weighted by Crippen LogP contribution is -2.74. The van der Waals surface area contributed by atoms with E-state index in [9.17, 15) is 20.4 Å². The zero-order chi connectivity index (χ0) is 22.5. The molecule has 7 nitrogen and oxygen atoms in total. The highest BCUT2D eigenvalue weighted by atomic mass is 16.5. The van der Waals surface area contributed by atoms with Gasteiger partial charge >= 0.3 is 15.4 Å². The minimum absolute atomic E-state index is 0.0885. The Kier molecular flexibility index (Phi) is 6.72. The predicted molar refractivity (Wildman–Crippen MR) is 113 cm³/mol. The molecule has 6 rings (SSSR count). The van der Waals surface area contributed by atoms with Crippen molar-refractivity contribution in [1.82, 2.24) is 0 Å². The van der Waals surface area contributed by atoms with Crippen LogP contribution in [0.25, 0.3) is 0 Å². The Bertz CT molecular complexity index is 525. The third kappa shape index (κ3) is 3.60. The van der Waals surface area contributed by atoms with E-state index in [4.69, 9.17) is 10.0 Å². The Morgan fingerprint density at radius 3 is 1.10 bits per heavy atom. The molecule has 0 aromatic heterocycles. The van der Waals surface area contributed by atoms with Crippen molar-refractivity contribution in [1.29, 1.82) is 0 Å². The van der Waals surface area contributed by atoms with Crippen molar-refractivity contribution in [3.8, 4) is 0 Å². The van der Waals surface area contributed by atoms with E-state index >= 15 is 0 Å². The molecule has 6 fully saturated rings. The summed E-state index contributed by atoms with van der Waals surface area (Å²) < 4.78 is 3.94. The van der Waals surface area contributed by atoms with Gasteiger partial charge in [-0.2, -0.15) is 0 Å². The Labute approximate surface area is 176 Å². The van der Waals surface area contributed by atoms with Gasteiger partial charge in [0.1, 0.15) is 0 Å². The average Bonchev–Trinajstić information content (AvgIpc) is 2.61. The van der Waals surface area contributed by atoms with Gasteiger partial charge < -0.3 is 35.0 Å². The third-order valence-corrected chi connectivity index (χ3v) is 9.18. The summed E-state index contributed by atoms with van der Waals surface area (Å²) in [5.41, 5.74) is -3.58. The lowest BCUT2D eigenvalue weighted by molar-refractivity contribution is -0.312. The summed E-state index contributed by atoms with van der Waals surface area (Å²) in [6.07, 6.45) is 5.18. The van der Waals surface area contributed by atoms with Gasteiger partial charge in [-0.15, -0.1) is 0 Å².